The first-order chi connectivity index (χ1) is 13.3. The lowest BCUT2D eigenvalue weighted by Gasteiger charge is -2.05. The van der Waals surface area contributed by atoms with Gasteiger partial charge < -0.3 is 0 Å². The summed E-state index contributed by atoms with van der Waals surface area (Å²) in [5.74, 6) is -0.0135. The third kappa shape index (κ3) is 4.74. The smallest absolute Gasteiger partial charge is 0.283 e. The molecule has 0 saturated carbocycles. The number of hydrogen-bond acceptors (Lipinski definition) is 5. The first kappa shape index (κ1) is 20.0. The number of benzene rings is 2. The van der Waals surface area contributed by atoms with E-state index < -0.39 is 10.8 Å². The van der Waals surface area contributed by atoms with Crippen LogP contribution in [0.3, 0.4) is 0 Å². The van der Waals surface area contributed by atoms with Crippen molar-refractivity contribution >= 4 is 39.7 Å². The molecule has 0 aliphatic heterocycles. The van der Waals surface area contributed by atoms with Gasteiger partial charge in [-0.25, -0.2) is 4.98 Å². The Labute approximate surface area is 171 Å². The van der Waals surface area contributed by atoms with Crippen molar-refractivity contribution in [3.05, 3.63) is 74.1 Å². The summed E-state index contributed by atoms with van der Waals surface area (Å²) in [6.45, 7) is 4.35. The summed E-state index contributed by atoms with van der Waals surface area (Å²) in [7, 11) is 0. The van der Waals surface area contributed by atoms with Crippen LogP contribution in [0.5, 0.6) is 0 Å². The van der Waals surface area contributed by atoms with E-state index in [1.807, 2.05) is 17.5 Å². The third-order valence-corrected chi connectivity index (χ3v) is 5.01. The quantitative estimate of drug-likeness (QED) is 0.405. The molecule has 144 valence electrons. The molecule has 0 radical (unpaired) electrons. The number of carbonyl (C=O) groups is 1. The summed E-state index contributed by atoms with van der Waals surface area (Å²) >= 11 is 7.05. The van der Waals surface area contributed by atoms with Crippen molar-refractivity contribution in [2.24, 2.45) is 5.92 Å². The third-order valence-electron chi connectivity index (χ3n) is 4.02. The van der Waals surface area contributed by atoms with Gasteiger partial charge in [0.1, 0.15) is 5.56 Å². The van der Waals surface area contributed by atoms with Crippen LogP contribution in [0.2, 0.25) is 5.02 Å². The maximum atomic E-state index is 12.5. The highest BCUT2D eigenvalue weighted by Crippen LogP contribution is 2.28. The molecule has 2 aromatic carbocycles. The number of carbonyl (C=O) groups excluding carboxylic acids is 1. The first-order valence-corrected chi connectivity index (χ1v) is 9.89. The lowest BCUT2D eigenvalue weighted by Crippen LogP contribution is -2.13. The molecular formula is C20H18ClN3O3S. The zero-order chi connectivity index (χ0) is 20.3. The number of halogens is 1. The van der Waals surface area contributed by atoms with E-state index in [2.05, 4.69) is 36.3 Å². The van der Waals surface area contributed by atoms with Gasteiger partial charge in [0, 0.05) is 22.0 Å². The van der Waals surface area contributed by atoms with Gasteiger partial charge in [0.05, 0.1) is 10.6 Å². The monoisotopic (exact) mass is 415 g/mol. The topological polar surface area (TPSA) is 85.1 Å². The van der Waals surface area contributed by atoms with Crippen LogP contribution in [-0.4, -0.2) is 15.8 Å². The molecule has 0 aliphatic rings. The van der Waals surface area contributed by atoms with E-state index in [-0.39, 0.29) is 16.3 Å². The minimum Gasteiger partial charge on any atom is -0.298 e. The van der Waals surface area contributed by atoms with E-state index in [1.54, 1.807) is 0 Å². The molecule has 0 unspecified atom stereocenters. The number of hydrogen-bond donors (Lipinski definition) is 1. The molecule has 1 N–H and O–H groups in total. The highest BCUT2D eigenvalue weighted by atomic mass is 35.5. The number of nitrogens with one attached hydrogen (secondary N) is 1. The molecule has 0 aliphatic carbocycles. The molecule has 1 aromatic heterocycles. The summed E-state index contributed by atoms with van der Waals surface area (Å²) in [5.41, 5.74) is 2.54. The molecule has 3 rings (SSSR count). The largest absolute Gasteiger partial charge is 0.298 e. The molecule has 28 heavy (non-hydrogen) atoms. The van der Waals surface area contributed by atoms with E-state index in [0.29, 0.717) is 11.0 Å². The predicted molar refractivity (Wildman–Crippen MR) is 112 cm³/mol. The molecule has 0 bridgehead atoms. The molecule has 0 saturated heterocycles. The summed E-state index contributed by atoms with van der Waals surface area (Å²) in [5, 5.41) is 16.2. The predicted octanol–water partition coefficient (Wildman–Crippen LogP) is 5.82. The van der Waals surface area contributed by atoms with Crippen molar-refractivity contribution in [2.75, 3.05) is 5.32 Å². The minimum atomic E-state index is -0.632. The number of rotatable bonds is 6. The van der Waals surface area contributed by atoms with E-state index in [1.165, 1.54) is 29.0 Å². The molecule has 0 fully saturated rings. The van der Waals surface area contributed by atoms with Crippen LogP contribution in [0.15, 0.2) is 47.8 Å². The average molecular weight is 416 g/mol. The Kier molecular flexibility index (Phi) is 6.06. The summed E-state index contributed by atoms with van der Waals surface area (Å²) < 4.78 is 0. The molecule has 1 amide bonds. The Morgan fingerprint density at radius 1 is 1.25 bits per heavy atom. The second-order valence-corrected chi connectivity index (χ2v) is 8.00. The van der Waals surface area contributed by atoms with Crippen molar-refractivity contribution in [2.45, 2.75) is 20.3 Å². The minimum absolute atomic E-state index is 0.0656. The van der Waals surface area contributed by atoms with E-state index in [0.717, 1.165) is 23.7 Å². The van der Waals surface area contributed by atoms with Gasteiger partial charge in [-0.3, -0.25) is 20.2 Å². The number of aromatic nitrogens is 1. The Morgan fingerprint density at radius 3 is 2.61 bits per heavy atom. The van der Waals surface area contributed by atoms with Crippen molar-refractivity contribution < 1.29 is 9.72 Å². The molecule has 0 atom stereocenters. The second-order valence-electron chi connectivity index (χ2n) is 6.71. The zero-order valence-corrected chi connectivity index (χ0v) is 16.9. The highest BCUT2D eigenvalue weighted by molar-refractivity contribution is 7.14. The van der Waals surface area contributed by atoms with Crippen molar-refractivity contribution in [3.8, 4) is 11.3 Å². The van der Waals surface area contributed by atoms with Crippen LogP contribution in [0.1, 0.15) is 29.8 Å². The SMILES string of the molecule is CC(C)Cc1ccc(-c2csc(NC(=O)c3ccc(Cl)cc3[N+](=O)[O-])n2)cc1. The Balaban J connectivity index is 1.76. The molecule has 8 heteroatoms. The molecule has 0 spiro atoms. The van der Waals surface area contributed by atoms with Crippen LogP contribution in [0, 0.1) is 16.0 Å². The Bertz CT molecular complexity index is 1020. The summed E-state index contributed by atoms with van der Waals surface area (Å²) in [6.07, 6.45) is 1.01. The highest BCUT2D eigenvalue weighted by Gasteiger charge is 2.21. The molecular weight excluding hydrogens is 398 g/mol. The molecule has 1 heterocycles. The van der Waals surface area contributed by atoms with Gasteiger partial charge in [-0.15, -0.1) is 11.3 Å². The van der Waals surface area contributed by atoms with Gasteiger partial charge in [-0.2, -0.15) is 0 Å². The van der Waals surface area contributed by atoms with Crippen molar-refractivity contribution in [1.82, 2.24) is 4.98 Å². The first-order valence-electron chi connectivity index (χ1n) is 8.63. The lowest BCUT2D eigenvalue weighted by atomic mass is 10.0. The van der Waals surface area contributed by atoms with E-state index in [4.69, 9.17) is 11.6 Å². The van der Waals surface area contributed by atoms with Gasteiger partial charge >= 0.3 is 0 Å². The second kappa shape index (κ2) is 8.50. The Hall–Kier alpha value is -2.77. The Morgan fingerprint density at radius 2 is 1.96 bits per heavy atom. The molecule has 3 aromatic rings. The van der Waals surface area contributed by atoms with Gasteiger partial charge in [0.2, 0.25) is 0 Å². The summed E-state index contributed by atoms with van der Waals surface area (Å²) in [6, 6.07) is 12.1. The van der Waals surface area contributed by atoms with Gasteiger partial charge in [-0.1, -0.05) is 49.7 Å². The van der Waals surface area contributed by atoms with Gasteiger partial charge in [-0.05, 0) is 30.0 Å². The average Bonchev–Trinajstić information content (AvgIpc) is 3.10. The zero-order valence-electron chi connectivity index (χ0n) is 15.3. The van der Waals surface area contributed by atoms with Gasteiger partial charge in [0.25, 0.3) is 11.6 Å². The van der Waals surface area contributed by atoms with E-state index in [9.17, 15) is 14.9 Å². The number of nitro groups is 1. The van der Waals surface area contributed by atoms with Crippen molar-refractivity contribution in [1.29, 1.82) is 0 Å². The number of nitro benzene ring substituents is 1. The normalized spacial score (nSPS) is 10.9. The number of nitrogens with zero attached hydrogens (tertiary/aromatic N) is 2. The van der Waals surface area contributed by atoms with E-state index >= 15 is 0 Å². The lowest BCUT2D eigenvalue weighted by molar-refractivity contribution is -0.385. The maximum absolute atomic E-state index is 12.5. The number of amides is 1. The van der Waals surface area contributed by atoms with Crippen LogP contribution in [0.4, 0.5) is 10.8 Å². The fourth-order valence-corrected chi connectivity index (χ4v) is 3.64. The number of thiazole rings is 1. The van der Waals surface area contributed by atoms with Gasteiger partial charge in [0.15, 0.2) is 5.13 Å². The van der Waals surface area contributed by atoms with Crippen LogP contribution in [0.25, 0.3) is 11.3 Å². The summed E-state index contributed by atoms with van der Waals surface area (Å²) in [4.78, 5) is 27.4. The van der Waals surface area contributed by atoms with Crippen LogP contribution >= 0.6 is 22.9 Å². The fraction of sp³-hybridized carbons (Fsp3) is 0.200. The van der Waals surface area contributed by atoms with Crippen molar-refractivity contribution in [3.63, 3.8) is 0 Å². The standard InChI is InChI=1S/C20H18ClN3O3S/c1-12(2)9-13-3-5-14(6-4-13)17-11-28-20(22-17)23-19(25)16-8-7-15(21)10-18(16)24(26)27/h3-8,10-12H,9H2,1-2H3,(H,22,23,25). The van der Waals surface area contributed by atoms with Crippen LogP contribution < -0.4 is 5.32 Å². The maximum Gasteiger partial charge on any atom is 0.283 e. The van der Waals surface area contributed by atoms with Crippen LogP contribution in [-0.2, 0) is 6.42 Å². The molecule has 6 nitrogen and oxygen atoms in total. The number of anilines is 1. The fourth-order valence-electron chi connectivity index (χ4n) is 2.76.